The van der Waals surface area contributed by atoms with E-state index in [4.69, 9.17) is 43.2 Å². The maximum absolute atomic E-state index is 14.6. The molecule has 0 spiro atoms. The largest absolute Gasteiger partial charge is 0.475 e. The number of hydrogen-bond donors (Lipinski definition) is 5. The second kappa shape index (κ2) is 16.3. The molecule has 4 aromatic heterocycles. The minimum absolute atomic E-state index is 0.0380. The first-order valence-electron chi connectivity index (χ1n) is 16.0. The zero-order valence-electron chi connectivity index (χ0n) is 28.1. The number of allylic oxidation sites excluding steroid dienone is 2. The number of methoxy groups -OCH3 is 1. The third-order valence-corrected chi connectivity index (χ3v) is 11.1. The van der Waals surface area contributed by atoms with E-state index in [1.165, 1.54) is 30.7 Å². The second-order valence-corrected chi connectivity index (χ2v) is 14.1. The van der Waals surface area contributed by atoms with E-state index in [-0.39, 0.29) is 42.8 Å². The number of aromatic nitrogens is 8. The number of phosphoric ester groups is 1. The van der Waals surface area contributed by atoms with Gasteiger partial charge in [0.15, 0.2) is 28.9 Å². The van der Waals surface area contributed by atoms with Gasteiger partial charge in [0.2, 0.25) is 5.95 Å². The van der Waals surface area contributed by atoms with Crippen LogP contribution in [0.4, 0.5) is 11.8 Å². The summed E-state index contributed by atoms with van der Waals surface area (Å²) in [7, 11) is -3.77. The second-order valence-electron chi connectivity index (χ2n) is 11.9. The van der Waals surface area contributed by atoms with Crippen LogP contribution in [0.2, 0.25) is 0 Å². The highest BCUT2D eigenvalue weighted by molar-refractivity contribution is 7.75. The first-order valence-corrected chi connectivity index (χ1v) is 18.6. The van der Waals surface area contributed by atoms with Crippen molar-refractivity contribution in [3.8, 4) is 0 Å². The standard InChI is InChI=1S/C28H38N10O11P2S/c1-4-6-7-13-14(20(49-52)19(39)18(13)37-11-33-16-23(29)31-10-32-24(16)37)8-46-51(42,45-5-2)48-22-21(43-3)15(9-44-50-41)47-27(22)38-12-34-17-25(38)35-28(30)36-26(17)40/h4,6,10-15,18-22,27,39,52H,5,7-9H2,1-3H3,(H2,29,31,32)(H3,30,35,36,40)/b6-4+. The van der Waals surface area contributed by atoms with Crippen LogP contribution in [0.1, 0.15) is 32.5 Å². The number of imidazole rings is 2. The maximum Gasteiger partial charge on any atom is 0.475 e. The van der Waals surface area contributed by atoms with Crippen molar-refractivity contribution in [1.29, 1.82) is 0 Å². The van der Waals surface area contributed by atoms with Crippen LogP contribution in [0.25, 0.3) is 22.3 Å². The molecule has 5 heterocycles. The van der Waals surface area contributed by atoms with E-state index in [0.717, 1.165) is 0 Å². The van der Waals surface area contributed by atoms with Crippen molar-refractivity contribution in [1.82, 2.24) is 39.0 Å². The third kappa shape index (κ3) is 7.25. The van der Waals surface area contributed by atoms with E-state index < -0.39 is 76.7 Å². The number of phosphoric acid groups is 1. The Kier molecular flexibility index (Phi) is 12.0. The number of nitrogens with one attached hydrogen (secondary N) is 1. The lowest BCUT2D eigenvalue weighted by Gasteiger charge is -2.30. The molecule has 0 radical (unpaired) electrons. The molecule has 1 saturated carbocycles. The van der Waals surface area contributed by atoms with Crippen LogP contribution in [-0.2, 0) is 40.9 Å². The van der Waals surface area contributed by atoms with Crippen molar-refractivity contribution in [2.75, 3.05) is 38.4 Å². The number of nitrogens with two attached hydrogens (primary N) is 2. The SMILES string of the molecule is C/C=C/CC1C(COP(=O)(OCC)OC2C(OC)C(COP=O)OC2n2cnc3c(=O)[nH]c(N)nc32)C(OS)C(O)C1n1cnc2c(N)ncnc21. The maximum atomic E-state index is 14.6. The van der Waals surface area contributed by atoms with Gasteiger partial charge in [0, 0.05) is 13.0 Å². The van der Waals surface area contributed by atoms with Crippen LogP contribution >= 0.6 is 29.4 Å². The number of fused-ring (bicyclic) bond motifs is 2. The molecule has 52 heavy (non-hydrogen) atoms. The van der Waals surface area contributed by atoms with E-state index in [0.29, 0.717) is 17.6 Å². The van der Waals surface area contributed by atoms with Crippen LogP contribution in [0.3, 0.4) is 0 Å². The number of aliphatic hydroxyl groups excluding tert-OH is 1. The number of aliphatic hydroxyl groups is 1. The fraction of sp³-hybridized carbons (Fsp3) is 0.571. The Hall–Kier alpha value is -3.40. The Bertz CT molecular complexity index is 2020. The first-order chi connectivity index (χ1) is 25.1. The molecule has 4 aromatic rings. The summed E-state index contributed by atoms with van der Waals surface area (Å²) in [6.07, 6.45) is 1.87. The Labute approximate surface area is 302 Å². The van der Waals surface area contributed by atoms with Crippen molar-refractivity contribution in [2.24, 2.45) is 11.8 Å². The summed E-state index contributed by atoms with van der Waals surface area (Å²) >= 11 is 4.10. The number of nitrogens with zero attached hydrogens (tertiary/aromatic N) is 7. The average Bonchev–Trinajstić information content (AvgIpc) is 3.88. The van der Waals surface area contributed by atoms with Gasteiger partial charge in [0.1, 0.15) is 42.4 Å². The molecular weight excluding hydrogens is 746 g/mol. The average molecular weight is 785 g/mol. The van der Waals surface area contributed by atoms with Crippen LogP contribution in [0.15, 0.2) is 35.9 Å². The zero-order chi connectivity index (χ0) is 37.2. The summed E-state index contributed by atoms with van der Waals surface area (Å²) in [5, 5.41) is 11.7. The van der Waals surface area contributed by atoms with E-state index in [1.54, 1.807) is 11.5 Å². The Morgan fingerprint density at radius 1 is 1.08 bits per heavy atom. The molecule has 1 aliphatic heterocycles. The molecule has 24 heteroatoms. The monoisotopic (exact) mass is 784 g/mol. The number of anilines is 2. The molecule has 0 amide bonds. The summed E-state index contributed by atoms with van der Waals surface area (Å²) in [6, 6.07) is -0.655. The number of rotatable bonds is 16. The van der Waals surface area contributed by atoms with E-state index in [1.807, 2.05) is 19.1 Å². The smallest absolute Gasteiger partial charge is 0.388 e. The lowest BCUT2D eigenvalue weighted by molar-refractivity contribution is -0.0497. The van der Waals surface area contributed by atoms with E-state index in [2.05, 4.69) is 42.8 Å². The Morgan fingerprint density at radius 3 is 2.56 bits per heavy atom. The molecule has 6 N–H and O–H groups in total. The number of H-pyrrole nitrogens is 1. The Morgan fingerprint density at radius 2 is 1.85 bits per heavy atom. The molecule has 2 fully saturated rings. The molecule has 10 unspecified atom stereocenters. The van der Waals surface area contributed by atoms with Gasteiger partial charge in [-0.3, -0.25) is 32.4 Å². The van der Waals surface area contributed by atoms with Crippen molar-refractivity contribution in [2.45, 2.75) is 63.1 Å². The van der Waals surface area contributed by atoms with Gasteiger partial charge >= 0.3 is 16.5 Å². The topological polar surface area (TPSA) is 278 Å². The molecule has 10 atom stereocenters. The van der Waals surface area contributed by atoms with Crippen molar-refractivity contribution in [3.63, 3.8) is 0 Å². The molecule has 0 bridgehead atoms. The molecule has 282 valence electrons. The van der Waals surface area contributed by atoms with E-state index >= 15 is 0 Å². The van der Waals surface area contributed by atoms with Crippen molar-refractivity contribution in [3.05, 3.63) is 41.5 Å². The summed E-state index contributed by atoms with van der Waals surface area (Å²) in [5.41, 5.74) is 12.0. The van der Waals surface area contributed by atoms with Gasteiger partial charge in [0.05, 0.1) is 38.5 Å². The van der Waals surface area contributed by atoms with Gasteiger partial charge in [-0.2, -0.15) is 4.98 Å². The number of aromatic amines is 1. The number of nitrogen functional groups attached to an aromatic ring is 2. The Balaban J connectivity index is 1.33. The summed E-state index contributed by atoms with van der Waals surface area (Å²) < 4.78 is 69.3. The molecule has 2 aliphatic rings. The predicted molar refractivity (Wildman–Crippen MR) is 186 cm³/mol. The third-order valence-electron chi connectivity index (χ3n) is 9.11. The number of hydrogen-bond acceptors (Lipinski definition) is 19. The van der Waals surface area contributed by atoms with Crippen molar-refractivity contribution >= 4 is 63.5 Å². The highest BCUT2D eigenvalue weighted by atomic mass is 32.1. The van der Waals surface area contributed by atoms with Gasteiger partial charge in [0.25, 0.3) is 5.56 Å². The summed E-state index contributed by atoms with van der Waals surface area (Å²) in [6.45, 7) is 2.85. The number of ether oxygens (including phenoxy) is 2. The van der Waals surface area contributed by atoms with Gasteiger partial charge < -0.3 is 34.8 Å². The molecule has 1 aliphatic carbocycles. The lowest BCUT2D eigenvalue weighted by atomic mass is 9.90. The van der Waals surface area contributed by atoms with Crippen LogP contribution in [-0.4, -0.2) is 102 Å². The summed E-state index contributed by atoms with van der Waals surface area (Å²) in [4.78, 5) is 36.0. The van der Waals surface area contributed by atoms with E-state index in [9.17, 15) is 19.0 Å². The first kappa shape index (κ1) is 38.3. The van der Waals surface area contributed by atoms with Crippen molar-refractivity contribution < 1.29 is 46.0 Å². The highest BCUT2D eigenvalue weighted by Gasteiger charge is 2.54. The van der Waals surface area contributed by atoms with Gasteiger partial charge in [-0.25, -0.2) is 29.1 Å². The molecule has 1 saturated heterocycles. The molecular formula is C28H38N10O11P2S. The minimum atomic E-state index is -4.52. The van der Waals surface area contributed by atoms with Gasteiger partial charge in [-0.05, 0) is 39.1 Å². The zero-order valence-corrected chi connectivity index (χ0v) is 30.8. The van der Waals surface area contributed by atoms with Crippen LogP contribution < -0.4 is 17.0 Å². The van der Waals surface area contributed by atoms with Gasteiger partial charge in [-0.15, -0.1) is 0 Å². The quantitative estimate of drug-likeness (QED) is 0.0471. The normalized spacial score (nSPS) is 29.2. The fourth-order valence-electron chi connectivity index (χ4n) is 6.90. The molecule has 21 nitrogen and oxygen atoms in total. The van der Waals surface area contributed by atoms with Gasteiger partial charge in [-0.1, -0.05) is 12.2 Å². The lowest BCUT2D eigenvalue weighted by Crippen LogP contribution is -2.37. The highest BCUT2D eigenvalue weighted by Crippen LogP contribution is 2.56. The van der Waals surface area contributed by atoms with Crippen LogP contribution in [0.5, 0.6) is 0 Å². The predicted octanol–water partition coefficient (Wildman–Crippen LogP) is 2.15. The fourth-order valence-corrected chi connectivity index (χ4v) is 8.78. The summed E-state index contributed by atoms with van der Waals surface area (Å²) in [5.74, 6) is -1.04. The van der Waals surface area contributed by atoms with Crippen LogP contribution in [0, 0.1) is 11.8 Å². The molecule has 0 aromatic carbocycles. The molecule has 6 rings (SSSR count). The number of thiol groups is 1. The minimum Gasteiger partial charge on any atom is -0.388 e.